The van der Waals surface area contributed by atoms with Gasteiger partial charge in [-0.25, -0.2) is 9.78 Å². The molecule has 2 rings (SSSR count). The smallest absolute Gasteiger partial charge is 0.338 e. The van der Waals surface area contributed by atoms with E-state index in [1.165, 1.54) is 0 Å². The Hall–Kier alpha value is -2.08. The van der Waals surface area contributed by atoms with Crippen molar-refractivity contribution in [2.24, 2.45) is 0 Å². The third kappa shape index (κ3) is 3.57. The predicted molar refractivity (Wildman–Crippen MR) is 84.9 cm³/mol. The number of esters is 1. The molecule has 0 aliphatic heterocycles. The molecule has 0 saturated carbocycles. The van der Waals surface area contributed by atoms with E-state index in [0.717, 1.165) is 22.7 Å². The molecule has 0 N–H and O–H groups in total. The Labute approximate surface area is 133 Å². The second-order valence-corrected chi connectivity index (χ2v) is 5.61. The first-order valence-corrected chi connectivity index (χ1v) is 7.80. The van der Waals surface area contributed by atoms with Gasteiger partial charge in [0.15, 0.2) is 0 Å². The van der Waals surface area contributed by atoms with E-state index in [0.29, 0.717) is 17.1 Å². The molecule has 0 spiro atoms. The number of carbonyl (C=O) groups excluding carboxylic acids is 1. The summed E-state index contributed by atoms with van der Waals surface area (Å²) in [5, 5.41) is 2.94. The molecule has 0 amide bonds. The van der Waals surface area contributed by atoms with Crippen LogP contribution in [0.25, 0.3) is 0 Å². The largest absolute Gasteiger partial charge is 0.496 e. The van der Waals surface area contributed by atoms with Gasteiger partial charge in [0.2, 0.25) is 0 Å². The maximum absolute atomic E-state index is 12.2. The Morgan fingerprint density at radius 1 is 1.23 bits per heavy atom. The highest BCUT2D eigenvalue weighted by atomic mass is 32.1. The molecular weight excluding hydrogens is 302 g/mol. The Bertz CT molecular complexity index is 641. The second-order valence-electron chi connectivity index (χ2n) is 4.67. The molecule has 0 aliphatic rings. The first-order chi connectivity index (χ1) is 10.6. The van der Waals surface area contributed by atoms with Gasteiger partial charge in [-0.15, -0.1) is 11.3 Å². The van der Waals surface area contributed by atoms with Crippen molar-refractivity contribution in [2.45, 2.75) is 26.9 Å². The van der Waals surface area contributed by atoms with Crippen LogP contribution in [0.5, 0.6) is 11.5 Å². The number of hydrogen-bond donors (Lipinski definition) is 0. The van der Waals surface area contributed by atoms with Gasteiger partial charge in [-0.1, -0.05) is 6.92 Å². The second kappa shape index (κ2) is 7.26. The maximum atomic E-state index is 12.2. The van der Waals surface area contributed by atoms with E-state index in [4.69, 9.17) is 14.2 Å². The van der Waals surface area contributed by atoms with Gasteiger partial charge >= 0.3 is 5.97 Å². The van der Waals surface area contributed by atoms with Crippen molar-refractivity contribution in [1.82, 2.24) is 4.98 Å². The number of benzene rings is 1. The van der Waals surface area contributed by atoms with Crippen LogP contribution < -0.4 is 9.47 Å². The monoisotopic (exact) mass is 321 g/mol. The summed E-state index contributed by atoms with van der Waals surface area (Å²) < 4.78 is 15.8. The van der Waals surface area contributed by atoms with Crippen LogP contribution in [-0.4, -0.2) is 25.2 Å². The van der Waals surface area contributed by atoms with E-state index >= 15 is 0 Å². The summed E-state index contributed by atoms with van der Waals surface area (Å²) in [4.78, 5) is 16.6. The molecule has 1 heterocycles. The lowest BCUT2D eigenvalue weighted by atomic mass is 10.1. The van der Waals surface area contributed by atoms with E-state index < -0.39 is 5.97 Å². The molecule has 118 valence electrons. The number of ether oxygens (including phenoxy) is 3. The lowest BCUT2D eigenvalue weighted by molar-refractivity contribution is 0.0467. The first-order valence-electron chi connectivity index (χ1n) is 6.92. The Balaban J connectivity index is 2.11. The topological polar surface area (TPSA) is 57.7 Å². The summed E-state index contributed by atoms with van der Waals surface area (Å²) >= 11 is 1.57. The molecule has 0 saturated heterocycles. The van der Waals surface area contributed by atoms with Crippen molar-refractivity contribution in [3.05, 3.63) is 39.3 Å². The average Bonchev–Trinajstić information content (AvgIpc) is 3.00. The van der Waals surface area contributed by atoms with Gasteiger partial charge in [-0.2, -0.15) is 0 Å². The molecular formula is C16H19NO4S. The minimum atomic E-state index is -0.428. The van der Waals surface area contributed by atoms with E-state index in [1.54, 1.807) is 37.7 Å². The third-order valence-corrected chi connectivity index (χ3v) is 4.28. The molecule has 0 radical (unpaired) electrons. The summed E-state index contributed by atoms with van der Waals surface area (Å²) in [7, 11) is 3.11. The van der Waals surface area contributed by atoms with Crippen molar-refractivity contribution in [2.75, 3.05) is 14.2 Å². The average molecular weight is 321 g/mol. The van der Waals surface area contributed by atoms with Crippen LogP contribution in [0.15, 0.2) is 17.5 Å². The number of aryl methyl sites for hydroxylation is 1. The molecule has 0 unspecified atom stereocenters. The van der Waals surface area contributed by atoms with Crippen molar-refractivity contribution >= 4 is 17.3 Å². The van der Waals surface area contributed by atoms with Crippen molar-refractivity contribution in [1.29, 1.82) is 0 Å². The third-order valence-electron chi connectivity index (χ3n) is 3.24. The van der Waals surface area contributed by atoms with Gasteiger partial charge in [-0.05, 0) is 25.5 Å². The highest BCUT2D eigenvalue weighted by molar-refractivity contribution is 7.09. The highest BCUT2D eigenvalue weighted by Crippen LogP contribution is 2.29. The molecule has 6 heteroatoms. The van der Waals surface area contributed by atoms with Crippen LogP contribution in [0.3, 0.4) is 0 Å². The normalized spacial score (nSPS) is 10.4. The summed E-state index contributed by atoms with van der Waals surface area (Å²) in [5.41, 5.74) is 2.00. The molecule has 0 atom stereocenters. The first kappa shape index (κ1) is 16.3. The minimum Gasteiger partial charge on any atom is -0.496 e. The molecule has 5 nitrogen and oxygen atoms in total. The molecule has 22 heavy (non-hydrogen) atoms. The van der Waals surface area contributed by atoms with E-state index in [2.05, 4.69) is 4.98 Å². The van der Waals surface area contributed by atoms with E-state index in [-0.39, 0.29) is 6.61 Å². The summed E-state index contributed by atoms with van der Waals surface area (Å²) in [6, 6.07) is 3.30. The lowest BCUT2D eigenvalue weighted by Crippen LogP contribution is -2.07. The SMILES string of the molecule is CCc1nc(COC(=O)c2cc(OC)c(C)c(OC)c2)cs1. The predicted octanol–water partition coefficient (Wildman–Crippen LogP) is 3.39. The summed E-state index contributed by atoms with van der Waals surface area (Å²) in [5.74, 6) is 0.754. The number of hydrogen-bond acceptors (Lipinski definition) is 6. The van der Waals surface area contributed by atoms with Crippen molar-refractivity contribution in [3.63, 3.8) is 0 Å². The van der Waals surface area contributed by atoms with Gasteiger partial charge in [0.05, 0.1) is 30.5 Å². The molecule has 1 aromatic heterocycles. The fourth-order valence-corrected chi connectivity index (χ4v) is 2.73. The van der Waals surface area contributed by atoms with Crippen LogP contribution in [0, 0.1) is 6.92 Å². The van der Waals surface area contributed by atoms with Gasteiger partial charge in [-0.3, -0.25) is 0 Å². The zero-order valence-electron chi connectivity index (χ0n) is 13.1. The zero-order valence-corrected chi connectivity index (χ0v) is 14.0. The van der Waals surface area contributed by atoms with Gasteiger partial charge in [0.25, 0.3) is 0 Å². The molecule has 2 aromatic rings. The number of thiazole rings is 1. The van der Waals surface area contributed by atoms with Crippen molar-refractivity contribution in [3.8, 4) is 11.5 Å². The van der Waals surface area contributed by atoms with Crippen LogP contribution in [0.2, 0.25) is 0 Å². The van der Waals surface area contributed by atoms with Crippen LogP contribution >= 0.6 is 11.3 Å². The summed E-state index contributed by atoms with van der Waals surface area (Å²) in [6.45, 7) is 4.07. The minimum absolute atomic E-state index is 0.161. The standard InChI is InChI=1S/C16H19NO4S/c1-5-15-17-12(9-22-15)8-21-16(18)11-6-13(19-3)10(2)14(7-11)20-4/h6-7,9H,5,8H2,1-4H3. The summed E-state index contributed by atoms with van der Waals surface area (Å²) in [6.07, 6.45) is 0.880. The fraction of sp³-hybridized carbons (Fsp3) is 0.375. The number of nitrogens with zero attached hydrogens (tertiary/aromatic N) is 1. The number of carbonyl (C=O) groups is 1. The van der Waals surface area contributed by atoms with E-state index in [1.807, 2.05) is 19.2 Å². The Morgan fingerprint density at radius 3 is 2.36 bits per heavy atom. The van der Waals surface area contributed by atoms with Crippen LogP contribution in [-0.2, 0) is 17.8 Å². The quantitative estimate of drug-likeness (QED) is 0.763. The van der Waals surface area contributed by atoms with Gasteiger partial charge in [0.1, 0.15) is 18.1 Å². The Kier molecular flexibility index (Phi) is 5.38. The molecule has 0 fully saturated rings. The Morgan fingerprint density at radius 2 is 1.86 bits per heavy atom. The molecule has 1 aromatic carbocycles. The molecule has 0 bridgehead atoms. The number of methoxy groups -OCH3 is 2. The van der Waals surface area contributed by atoms with Crippen molar-refractivity contribution < 1.29 is 19.0 Å². The van der Waals surface area contributed by atoms with Gasteiger partial charge in [0, 0.05) is 10.9 Å². The zero-order chi connectivity index (χ0) is 16.1. The van der Waals surface area contributed by atoms with Crippen LogP contribution in [0.4, 0.5) is 0 Å². The van der Waals surface area contributed by atoms with Crippen LogP contribution in [0.1, 0.15) is 33.5 Å². The van der Waals surface area contributed by atoms with E-state index in [9.17, 15) is 4.79 Å². The maximum Gasteiger partial charge on any atom is 0.338 e. The lowest BCUT2D eigenvalue weighted by Gasteiger charge is -2.12. The number of rotatable bonds is 6. The number of aromatic nitrogens is 1. The molecule has 0 aliphatic carbocycles. The highest BCUT2D eigenvalue weighted by Gasteiger charge is 2.15. The van der Waals surface area contributed by atoms with Gasteiger partial charge < -0.3 is 14.2 Å². The fourth-order valence-electron chi connectivity index (χ4n) is 2.00.